The predicted molar refractivity (Wildman–Crippen MR) is 154 cm³/mol. The van der Waals surface area contributed by atoms with Gasteiger partial charge in [-0.25, -0.2) is 8.42 Å². The molecule has 3 aromatic rings. The number of methoxy groups -OCH3 is 1. The van der Waals surface area contributed by atoms with Gasteiger partial charge in [-0.3, -0.25) is 13.9 Å². The van der Waals surface area contributed by atoms with Gasteiger partial charge in [0.15, 0.2) is 0 Å². The molecule has 0 aliphatic rings. The number of hydrogen-bond acceptors (Lipinski definition) is 5. The summed E-state index contributed by atoms with van der Waals surface area (Å²) in [4.78, 5) is 28.4. The SMILES string of the molecule is CCNC(=O)C(CC)N(Cc1cccc(OC)c1)C(=O)CN(c1cc(Cl)ccc1Cl)S(=O)(=O)c1ccccc1. The number of anilines is 1. The van der Waals surface area contributed by atoms with Crippen LogP contribution in [-0.2, 0) is 26.2 Å². The second-order valence-corrected chi connectivity index (χ2v) is 11.3. The van der Waals surface area contributed by atoms with Crippen molar-refractivity contribution in [1.82, 2.24) is 10.2 Å². The highest BCUT2D eigenvalue weighted by molar-refractivity contribution is 7.92. The lowest BCUT2D eigenvalue weighted by atomic mass is 10.1. The standard InChI is InChI=1S/C28H31Cl2N3O5S/c1-4-25(28(35)31-5-2)32(18-20-10-9-11-22(16-20)38-3)27(34)19-33(26-17-21(29)14-15-24(26)30)39(36,37)23-12-7-6-8-13-23/h6-17,25H,4-5,18-19H2,1-3H3,(H,31,35). The number of halogens is 2. The van der Waals surface area contributed by atoms with Crippen molar-refractivity contribution in [3.05, 3.63) is 88.4 Å². The Hall–Kier alpha value is -3.27. The summed E-state index contributed by atoms with van der Waals surface area (Å²) < 4.78 is 33.9. The van der Waals surface area contributed by atoms with E-state index in [-0.39, 0.29) is 33.1 Å². The van der Waals surface area contributed by atoms with Gasteiger partial charge in [-0.15, -0.1) is 0 Å². The number of hydrogen-bond donors (Lipinski definition) is 1. The third kappa shape index (κ3) is 7.44. The second kappa shape index (κ2) is 13.7. The van der Waals surface area contributed by atoms with Crippen molar-refractivity contribution in [3.8, 4) is 5.75 Å². The van der Waals surface area contributed by atoms with Gasteiger partial charge in [-0.1, -0.05) is 60.5 Å². The van der Waals surface area contributed by atoms with Gasteiger partial charge in [-0.05, 0) is 61.4 Å². The molecule has 0 fully saturated rings. The van der Waals surface area contributed by atoms with Crippen LogP contribution < -0.4 is 14.4 Å². The molecule has 3 aromatic carbocycles. The van der Waals surface area contributed by atoms with Crippen LogP contribution in [0.3, 0.4) is 0 Å². The zero-order valence-electron chi connectivity index (χ0n) is 21.9. The Morgan fingerprint density at radius 3 is 2.33 bits per heavy atom. The number of carbonyl (C=O) groups is 2. The van der Waals surface area contributed by atoms with Crippen LogP contribution in [0.15, 0.2) is 77.7 Å². The molecule has 1 N–H and O–H groups in total. The molecular formula is C28H31Cl2N3O5S. The van der Waals surface area contributed by atoms with Crippen LogP contribution in [0.1, 0.15) is 25.8 Å². The van der Waals surface area contributed by atoms with E-state index in [0.717, 1.165) is 4.31 Å². The van der Waals surface area contributed by atoms with Crippen LogP contribution in [0, 0.1) is 0 Å². The van der Waals surface area contributed by atoms with Crippen molar-refractivity contribution in [3.63, 3.8) is 0 Å². The molecule has 8 nitrogen and oxygen atoms in total. The van der Waals surface area contributed by atoms with E-state index in [1.807, 2.05) is 0 Å². The molecule has 1 unspecified atom stereocenters. The zero-order valence-corrected chi connectivity index (χ0v) is 24.3. The number of benzene rings is 3. The molecule has 0 bridgehead atoms. The largest absolute Gasteiger partial charge is 0.497 e. The van der Waals surface area contributed by atoms with Crippen LogP contribution in [0.4, 0.5) is 5.69 Å². The number of carbonyl (C=O) groups excluding carboxylic acids is 2. The Morgan fingerprint density at radius 2 is 1.69 bits per heavy atom. The molecule has 0 saturated carbocycles. The molecule has 3 rings (SSSR count). The zero-order chi connectivity index (χ0) is 28.6. The Balaban J connectivity index is 2.10. The maximum absolute atomic E-state index is 14.0. The van der Waals surface area contributed by atoms with Crippen molar-refractivity contribution in [2.45, 2.75) is 37.8 Å². The Morgan fingerprint density at radius 1 is 0.974 bits per heavy atom. The van der Waals surface area contributed by atoms with Gasteiger partial charge in [0.2, 0.25) is 11.8 Å². The van der Waals surface area contributed by atoms with Crippen LogP contribution in [0.25, 0.3) is 0 Å². The number of ether oxygens (including phenoxy) is 1. The minimum atomic E-state index is -4.25. The van der Waals surface area contributed by atoms with Gasteiger partial charge in [0.05, 0.1) is 22.7 Å². The third-order valence-electron chi connectivity index (χ3n) is 6.01. The molecule has 0 radical (unpaired) electrons. The van der Waals surface area contributed by atoms with Gasteiger partial charge in [0, 0.05) is 18.1 Å². The van der Waals surface area contributed by atoms with Crippen LogP contribution in [0.2, 0.25) is 10.0 Å². The van der Waals surface area contributed by atoms with Crippen LogP contribution >= 0.6 is 23.2 Å². The lowest BCUT2D eigenvalue weighted by Gasteiger charge is -2.33. The molecule has 11 heteroatoms. The van der Waals surface area contributed by atoms with E-state index in [0.29, 0.717) is 24.3 Å². The van der Waals surface area contributed by atoms with E-state index < -0.39 is 28.5 Å². The lowest BCUT2D eigenvalue weighted by molar-refractivity contribution is -0.140. The number of rotatable bonds is 12. The first kappa shape index (κ1) is 30.3. The average Bonchev–Trinajstić information content (AvgIpc) is 2.93. The third-order valence-corrected chi connectivity index (χ3v) is 8.34. The Bertz CT molecular complexity index is 1400. The summed E-state index contributed by atoms with van der Waals surface area (Å²) in [7, 11) is -2.71. The molecule has 0 heterocycles. The van der Waals surface area contributed by atoms with Gasteiger partial charge in [0.25, 0.3) is 10.0 Å². The van der Waals surface area contributed by atoms with Gasteiger partial charge in [0.1, 0.15) is 18.3 Å². The summed E-state index contributed by atoms with van der Waals surface area (Å²) in [6.45, 7) is 3.39. The summed E-state index contributed by atoms with van der Waals surface area (Å²) in [5, 5.41) is 3.12. The predicted octanol–water partition coefficient (Wildman–Crippen LogP) is 5.14. The van der Waals surface area contributed by atoms with Crippen molar-refractivity contribution >= 4 is 50.7 Å². The van der Waals surface area contributed by atoms with Crippen molar-refractivity contribution in [2.75, 3.05) is 24.5 Å². The van der Waals surface area contributed by atoms with Crippen LogP contribution in [0.5, 0.6) is 5.75 Å². The maximum atomic E-state index is 14.0. The van der Waals surface area contributed by atoms with Gasteiger partial charge >= 0.3 is 0 Å². The number of nitrogens with zero attached hydrogens (tertiary/aromatic N) is 2. The summed E-state index contributed by atoms with van der Waals surface area (Å²) in [5.74, 6) is -0.342. The lowest BCUT2D eigenvalue weighted by Crippen LogP contribution is -2.52. The minimum Gasteiger partial charge on any atom is -0.497 e. The number of sulfonamides is 1. The smallest absolute Gasteiger partial charge is 0.264 e. The Kier molecular flexibility index (Phi) is 10.6. The summed E-state index contributed by atoms with van der Waals surface area (Å²) in [5.41, 5.74) is 0.762. The number of nitrogens with one attached hydrogen (secondary N) is 1. The normalized spacial score (nSPS) is 11.9. The Labute approximate surface area is 239 Å². The molecule has 2 amide bonds. The second-order valence-electron chi connectivity index (χ2n) is 8.61. The highest BCUT2D eigenvalue weighted by Gasteiger charge is 2.34. The number of amides is 2. The molecule has 208 valence electrons. The van der Waals surface area contributed by atoms with Crippen LogP contribution in [-0.4, -0.2) is 51.4 Å². The highest BCUT2D eigenvalue weighted by atomic mass is 35.5. The van der Waals surface area contributed by atoms with E-state index >= 15 is 0 Å². The summed E-state index contributed by atoms with van der Waals surface area (Å²) >= 11 is 12.6. The fourth-order valence-corrected chi connectivity index (χ4v) is 5.97. The van der Waals surface area contributed by atoms with E-state index in [1.165, 1.54) is 42.3 Å². The highest BCUT2D eigenvalue weighted by Crippen LogP contribution is 2.33. The number of likely N-dealkylation sites (N-methyl/N-ethyl adjacent to an activating group) is 1. The van der Waals surface area contributed by atoms with Crippen molar-refractivity contribution < 1.29 is 22.7 Å². The molecule has 0 spiro atoms. The summed E-state index contributed by atoms with van der Waals surface area (Å²) in [6, 6.07) is 18.4. The molecular weight excluding hydrogens is 561 g/mol. The fraction of sp³-hybridized carbons (Fsp3) is 0.286. The van der Waals surface area contributed by atoms with E-state index in [9.17, 15) is 18.0 Å². The van der Waals surface area contributed by atoms with Gasteiger partial charge < -0.3 is 15.0 Å². The average molecular weight is 593 g/mol. The first-order valence-electron chi connectivity index (χ1n) is 12.3. The minimum absolute atomic E-state index is 0.0241. The van der Waals surface area contributed by atoms with E-state index in [4.69, 9.17) is 27.9 Å². The maximum Gasteiger partial charge on any atom is 0.264 e. The first-order chi connectivity index (χ1) is 18.6. The van der Waals surface area contributed by atoms with Gasteiger partial charge in [-0.2, -0.15) is 0 Å². The molecule has 0 aliphatic carbocycles. The van der Waals surface area contributed by atoms with E-state index in [1.54, 1.807) is 56.3 Å². The molecule has 39 heavy (non-hydrogen) atoms. The molecule has 0 aromatic heterocycles. The summed E-state index contributed by atoms with van der Waals surface area (Å²) in [6.07, 6.45) is 0.310. The topological polar surface area (TPSA) is 96.0 Å². The first-order valence-corrected chi connectivity index (χ1v) is 14.5. The molecule has 1 atom stereocenters. The molecule has 0 saturated heterocycles. The van der Waals surface area contributed by atoms with E-state index in [2.05, 4.69) is 5.32 Å². The monoisotopic (exact) mass is 591 g/mol. The quantitative estimate of drug-likeness (QED) is 0.314. The van der Waals surface area contributed by atoms with Crippen molar-refractivity contribution in [2.24, 2.45) is 0 Å². The fourth-order valence-electron chi connectivity index (χ4n) is 4.09. The van der Waals surface area contributed by atoms with Crippen molar-refractivity contribution in [1.29, 1.82) is 0 Å². The molecule has 0 aliphatic heterocycles.